The van der Waals surface area contributed by atoms with Gasteiger partial charge in [0, 0.05) is 18.7 Å². The van der Waals surface area contributed by atoms with E-state index in [1.807, 2.05) is 0 Å². The number of alkyl halides is 3. The van der Waals surface area contributed by atoms with Gasteiger partial charge in [-0.2, -0.15) is 13.2 Å². The first-order chi connectivity index (χ1) is 11.6. The minimum absolute atomic E-state index is 0. The molecule has 2 atom stereocenters. The molecule has 2 unspecified atom stereocenters. The lowest BCUT2D eigenvalue weighted by Gasteiger charge is -2.21. The Morgan fingerprint density at radius 2 is 2.12 bits per heavy atom. The third kappa shape index (κ3) is 5.21. The molecule has 7 nitrogen and oxygen atoms in total. The fourth-order valence-corrected chi connectivity index (χ4v) is 2.85. The highest BCUT2D eigenvalue weighted by Crippen LogP contribution is 2.30. The van der Waals surface area contributed by atoms with Crippen molar-refractivity contribution in [2.45, 2.75) is 25.6 Å². The van der Waals surface area contributed by atoms with Crippen molar-refractivity contribution in [2.75, 3.05) is 19.7 Å². The highest BCUT2D eigenvalue weighted by molar-refractivity contribution is 5.99. The maximum Gasteiger partial charge on any atom is 0.422 e. The molecular weight excluding hydrogens is 379 g/mol. The van der Waals surface area contributed by atoms with E-state index in [4.69, 9.17) is 5.73 Å². The molecular formula is C15H19ClF3N3O4. The van der Waals surface area contributed by atoms with Crippen molar-refractivity contribution in [1.82, 2.24) is 4.90 Å². The molecule has 0 saturated carbocycles. The smallest absolute Gasteiger partial charge is 0.422 e. The van der Waals surface area contributed by atoms with Crippen LogP contribution in [0.5, 0.6) is 5.75 Å². The summed E-state index contributed by atoms with van der Waals surface area (Å²) in [7, 11) is 0. The number of nitrogens with two attached hydrogens (primary N) is 1. The maximum atomic E-state index is 12.7. The number of amides is 1. The van der Waals surface area contributed by atoms with Gasteiger partial charge in [-0.25, -0.2) is 0 Å². The summed E-state index contributed by atoms with van der Waals surface area (Å²) in [4.78, 5) is 24.6. The minimum Gasteiger partial charge on any atom is -0.484 e. The molecule has 0 spiro atoms. The Kier molecular flexibility index (Phi) is 7.22. The summed E-state index contributed by atoms with van der Waals surface area (Å²) in [5, 5.41) is 11.2. The SMILES string of the molecule is CC1CC(CN)CN1C(=O)c1cc(OCC(F)(F)F)ccc1[N+](=O)[O-].Cl. The molecule has 1 aromatic carbocycles. The predicted molar refractivity (Wildman–Crippen MR) is 89.6 cm³/mol. The highest BCUT2D eigenvalue weighted by Gasteiger charge is 2.35. The molecule has 0 bridgehead atoms. The monoisotopic (exact) mass is 397 g/mol. The lowest BCUT2D eigenvalue weighted by molar-refractivity contribution is -0.385. The second-order valence-electron chi connectivity index (χ2n) is 5.98. The molecule has 1 amide bonds. The number of carbonyl (C=O) groups excluding carboxylic acids is 1. The normalized spacial score (nSPS) is 19.8. The largest absolute Gasteiger partial charge is 0.484 e. The molecule has 146 valence electrons. The first-order valence-electron chi connectivity index (χ1n) is 7.61. The van der Waals surface area contributed by atoms with Crippen LogP contribution in [0.15, 0.2) is 18.2 Å². The zero-order chi connectivity index (χ0) is 18.8. The van der Waals surface area contributed by atoms with E-state index < -0.39 is 29.3 Å². The van der Waals surface area contributed by atoms with Crippen LogP contribution < -0.4 is 10.5 Å². The molecule has 0 aliphatic carbocycles. The Balaban J connectivity index is 0.00000338. The van der Waals surface area contributed by atoms with E-state index in [1.165, 1.54) is 4.90 Å². The first-order valence-corrected chi connectivity index (χ1v) is 7.61. The van der Waals surface area contributed by atoms with Gasteiger partial charge in [-0.1, -0.05) is 0 Å². The van der Waals surface area contributed by atoms with E-state index >= 15 is 0 Å². The van der Waals surface area contributed by atoms with Crippen LogP contribution in [-0.4, -0.2) is 47.6 Å². The first kappa shape index (κ1) is 22.0. The molecule has 1 aliphatic heterocycles. The van der Waals surface area contributed by atoms with Crippen LogP contribution >= 0.6 is 12.4 Å². The summed E-state index contributed by atoms with van der Waals surface area (Å²) in [5.41, 5.74) is 4.83. The Bertz CT molecular complexity index is 672. The molecule has 2 rings (SSSR count). The zero-order valence-electron chi connectivity index (χ0n) is 13.9. The molecule has 26 heavy (non-hydrogen) atoms. The van der Waals surface area contributed by atoms with Gasteiger partial charge in [0.25, 0.3) is 11.6 Å². The molecule has 11 heteroatoms. The molecule has 1 aliphatic rings. The van der Waals surface area contributed by atoms with Crippen molar-refractivity contribution in [3.05, 3.63) is 33.9 Å². The molecule has 0 aromatic heterocycles. The standard InChI is InChI=1S/C15H18F3N3O4.ClH/c1-9-4-10(6-19)7-20(9)14(22)12-5-11(25-8-15(16,17)18)2-3-13(12)21(23)24;/h2-3,5,9-10H,4,6-8,19H2,1H3;1H. The van der Waals surface area contributed by atoms with Gasteiger partial charge in [-0.3, -0.25) is 14.9 Å². The number of halogens is 4. The summed E-state index contributed by atoms with van der Waals surface area (Å²) in [6.07, 6.45) is -3.88. The van der Waals surface area contributed by atoms with Crippen molar-refractivity contribution in [3.63, 3.8) is 0 Å². The van der Waals surface area contributed by atoms with Crippen LogP contribution in [0.4, 0.5) is 18.9 Å². The summed E-state index contributed by atoms with van der Waals surface area (Å²) in [6.45, 7) is 0.976. The van der Waals surface area contributed by atoms with Gasteiger partial charge in [0.15, 0.2) is 6.61 Å². The Morgan fingerprint density at radius 1 is 1.46 bits per heavy atom. The van der Waals surface area contributed by atoms with Crippen molar-refractivity contribution >= 4 is 24.0 Å². The van der Waals surface area contributed by atoms with Crippen LogP contribution in [0.2, 0.25) is 0 Å². The van der Waals surface area contributed by atoms with Crippen molar-refractivity contribution < 1.29 is 27.6 Å². The number of hydrogen-bond acceptors (Lipinski definition) is 5. The number of likely N-dealkylation sites (tertiary alicyclic amines) is 1. The molecule has 0 radical (unpaired) electrons. The van der Waals surface area contributed by atoms with Crippen LogP contribution in [0.1, 0.15) is 23.7 Å². The number of benzene rings is 1. The quantitative estimate of drug-likeness (QED) is 0.608. The van der Waals surface area contributed by atoms with E-state index in [2.05, 4.69) is 4.74 Å². The number of nitrogens with zero attached hydrogens (tertiary/aromatic N) is 2. The third-order valence-electron chi connectivity index (χ3n) is 4.05. The summed E-state index contributed by atoms with van der Waals surface area (Å²) in [6, 6.07) is 2.83. The second-order valence-corrected chi connectivity index (χ2v) is 5.98. The Labute approximate surface area is 153 Å². The minimum atomic E-state index is -4.55. The van der Waals surface area contributed by atoms with Crippen LogP contribution in [0.25, 0.3) is 0 Å². The van der Waals surface area contributed by atoms with Gasteiger partial charge in [-0.15, -0.1) is 12.4 Å². The number of nitro groups is 1. The Morgan fingerprint density at radius 3 is 2.62 bits per heavy atom. The predicted octanol–water partition coefficient (Wildman–Crippen LogP) is 2.77. The van der Waals surface area contributed by atoms with Crippen molar-refractivity contribution in [2.24, 2.45) is 11.7 Å². The van der Waals surface area contributed by atoms with E-state index in [-0.39, 0.29) is 35.7 Å². The molecule has 1 fully saturated rings. The molecule has 1 aromatic rings. The van der Waals surface area contributed by atoms with E-state index in [0.717, 1.165) is 18.2 Å². The van der Waals surface area contributed by atoms with E-state index in [1.54, 1.807) is 6.92 Å². The number of nitro benzene ring substituents is 1. The maximum absolute atomic E-state index is 12.7. The fourth-order valence-electron chi connectivity index (χ4n) is 2.85. The summed E-state index contributed by atoms with van der Waals surface area (Å²) >= 11 is 0. The Hall–Kier alpha value is -2.07. The summed E-state index contributed by atoms with van der Waals surface area (Å²) < 4.78 is 41.4. The van der Waals surface area contributed by atoms with Gasteiger partial charge < -0.3 is 15.4 Å². The molecule has 2 N–H and O–H groups in total. The van der Waals surface area contributed by atoms with Gasteiger partial charge in [-0.05, 0) is 37.9 Å². The summed E-state index contributed by atoms with van der Waals surface area (Å²) in [5.74, 6) is -0.788. The highest BCUT2D eigenvalue weighted by atomic mass is 35.5. The number of carbonyl (C=O) groups is 1. The lowest BCUT2D eigenvalue weighted by Crippen LogP contribution is -2.34. The number of hydrogen-bond donors (Lipinski definition) is 1. The van der Waals surface area contributed by atoms with Crippen molar-refractivity contribution in [1.29, 1.82) is 0 Å². The van der Waals surface area contributed by atoms with Gasteiger partial charge in [0.1, 0.15) is 11.3 Å². The van der Waals surface area contributed by atoms with Gasteiger partial charge in [0.05, 0.1) is 4.92 Å². The van der Waals surface area contributed by atoms with Crippen LogP contribution in [0.3, 0.4) is 0 Å². The van der Waals surface area contributed by atoms with Gasteiger partial charge in [0.2, 0.25) is 0 Å². The van der Waals surface area contributed by atoms with Crippen molar-refractivity contribution in [3.8, 4) is 5.75 Å². The molecule has 1 heterocycles. The zero-order valence-corrected chi connectivity index (χ0v) is 14.7. The lowest BCUT2D eigenvalue weighted by atomic mass is 10.1. The average Bonchev–Trinajstić information content (AvgIpc) is 2.92. The van der Waals surface area contributed by atoms with E-state index in [9.17, 15) is 28.1 Å². The van der Waals surface area contributed by atoms with E-state index in [0.29, 0.717) is 19.5 Å². The third-order valence-corrected chi connectivity index (χ3v) is 4.05. The van der Waals surface area contributed by atoms with Crippen LogP contribution in [0, 0.1) is 16.0 Å². The topological polar surface area (TPSA) is 98.7 Å². The fraction of sp³-hybridized carbons (Fsp3) is 0.533. The molecule has 1 saturated heterocycles. The second kappa shape index (κ2) is 8.54. The van der Waals surface area contributed by atoms with Crippen LogP contribution in [-0.2, 0) is 0 Å². The van der Waals surface area contributed by atoms with Gasteiger partial charge >= 0.3 is 6.18 Å². The number of ether oxygens (including phenoxy) is 1. The number of rotatable bonds is 5. The average molecular weight is 398 g/mol.